The Morgan fingerprint density at radius 2 is 1.96 bits per heavy atom. The maximum absolute atomic E-state index is 12.7. The van der Waals surface area contributed by atoms with Crippen molar-refractivity contribution in [2.45, 2.75) is 26.5 Å². The first-order valence-electron chi connectivity index (χ1n) is 7.75. The van der Waals surface area contributed by atoms with Gasteiger partial charge < -0.3 is 9.30 Å². The number of carbonyl (C=O) groups is 1. The van der Waals surface area contributed by atoms with E-state index in [1.165, 1.54) is 0 Å². The van der Waals surface area contributed by atoms with Crippen LogP contribution in [-0.4, -0.2) is 45.1 Å². The van der Waals surface area contributed by atoms with Gasteiger partial charge in [-0.05, 0) is 39.6 Å². The molecule has 6 heteroatoms. The van der Waals surface area contributed by atoms with Crippen LogP contribution in [0.2, 0.25) is 0 Å². The van der Waals surface area contributed by atoms with E-state index in [0.29, 0.717) is 11.4 Å². The highest BCUT2D eigenvalue weighted by Gasteiger charge is 2.25. The molecule has 122 valence electrons. The molecule has 2 aromatic heterocycles. The first kappa shape index (κ1) is 15.6. The molecule has 3 aromatic rings. The van der Waals surface area contributed by atoms with Crippen molar-refractivity contribution in [3.63, 3.8) is 0 Å². The number of hydrogen-bond acceptors (Lipinski definition) is 4. The Morgan fingerprint density at radius 1 is 1.30 bits per heavy atom. The summed E-state index contributed by atoms with van der Waals surface area (Å²) in [5.74, 6) is 0.403. The van der Waals surface area contributed by atoms with Crippen LogP contribution >= 0.6 is 0 Å². The predicted octanol–water partition coefficient (Wildman–Crippen LogP) is 2.59. The first-order chi connectivity index (χ1) is 11.0. The number of para-hydroxylation sites is 2. The van der Waals surface area contributed by atoms with Crippen molar-refractivity contribution >= 4 is 22.8 Å². The third kappa shape index (κ3) is 2.39. The van der Waals surface area contributed by atoms with Gasteiger partial charge in [0.05, 0.1) is 16.7 Å². The van der Waals surface area contributed by atoms with Crippen LogP contribution in [0.1, 0.15) is 29.5 Å². The predicted molar refractivity (Wildman–Crippen MR) is 89.6 cm³/mol. The standard InChI is InChI=1S/C17H22N4O2/c1-6-14(19(3)4)23-16(22)15-11(2)18-17-20(5)12-9-7-8-10-13(12)21(15)17/h7-10,14H,6H2,1-5H3. The lowest BCUT2D eigenvalue weighted by Crippen LogP contribution is -2.32. The van der Waals surface area contributed by atoms with Gasteiger partial charge in [0.25, 0.3) is 0 Å². The van der Waals surface area contributed by atoms with Gasteiger partial charge in [-0.3, -0.25) is 9.30 Å². The zero-order valence-electron chi connectivity index (χ0n) is 14.2. The summed E-state index contributed by atoms with van der Waals surface area (Å²) in [4.78, 5) is 19.2. The molecule has 6 nitrogen and oxygen atoms in total. The summed E-state index contributed by atoms with van der Waals surface area (Å²) in [7, 11) is 5.75. The fraction of sp³-hybridized carbons (Fsp3) is 0.412. The molecule has 0 aliphatic heterocycles. The maximum atomic E-state index is 12.7. The normalized spacial score (nSPS) is 13.1. The van der Waals surface area contributed by atoms with Crippen LogP contribution in [0.5, 0.6) is 0 Å². The Balaban J connectivity index is 2.15. The number of imidazole rings is 2. The van der Waals surface area contributed by atoms with Crippen LogP contribution in [-0.2, 0) is 11.8 Å². The van der Waals surface area contributed by atoms with E-state index < -0.39 is 0 Å². The van der Waals surface area contributed by atoms with Gasteiger partial charge in [-0.15, -0.1) is 0 Å². The number of fused-ring (bicyclic) bond motifs is 3. The number of ether oxygens (including phenoxy) is 1. The largest absolute Gasteiger partial charge is 0.442 e. The second-order valence-corrected chi connectivity index (χ2v) is 5.96. The minimum Gasteiger partial charge on any atom is -0.442 e. The molecule has 0 aliphatic rings. The molecular weight excluding hydrogens is 292 g/mol. The SMILES string of the molecule is CCC(OC(=O)c1c(C)nc2n(C)c3ccccc3n12)N(C)C. The van der Waals surface area contributed by atoms with E-state index in [9.17, 15) is 4.79 Å². The summed E-state index contributed by atoms with van der Waals surface area (Å²) in [6, 6.07) is 7.94. The van der Waals surface area contributed by atoms with Crippen LogP contribution in [0.25, 0.3) is 16.8 Å². The van der Waals surface area contributed by atoms with Gasteiger partial charge in [0.1, 0.15) is 0 Å². The Bertz CT molecular complexity index is 876. The fourth-order valence-corrected chi connectivity index (χ4v) is 2.98. The summed E-state index contributed by atoms with van der Waals surface area (Å²) in [6.07, 6.45) is 0.484. The van der Waals surface area contributed by atoms with Crippen molar-refractivity contribution in [1.29, 1.82) is 0 Å². The van der Waals surface area contributed by atoms with Gasteiger partial charge >= 0.3 is 5.97 Å². The zero-order chi connectivity index (χ0) is 16.7. The first-order valence-corrected chi connectivity index (χ1v) is 7.75. The molecule has 0 amide bonds. The van der Waals surface area contributed by atoms with E-state index in [1.54, 1.807) is 0 Å². The molecule has 0 radical (unpaired) electrons. The number of carbonyl (C=O) groups excluding carboxylic acids is 1. The summed E-state index contributed by atoms with van der Waals surface area (Å²) >= 11 is 0. The summed E-state index contributed by atoms with van der Waals surface area (Å²) in [5.41, 5.74) is 3.16. The smallest absolute Gasteiger partial charge is 0.358 e. The summed E-state index contributed by atoms with van der Waals surface area (Å²) in [6.45, 7) is 3.84. The van der Waals surface area contributed by atoms with E-state index in [2.05, 4.69) is 4.98 Å². The van der Waals surface area contributed by atoms with Crippen molar-refractivity contribution < 1.29 is 9.53 Å². The Labute approximate surface area is 135 Å². The van der Waals surface area contributed by atoms with Crippen molar-refractivity contribution in [3.05, 3.63) is 35.7 Å². The maximum Gasteiger partial charge on any atom is 0.358 e. The Kier molecular flexibility index (Phi) is 3.85. The molecular formula is C17H22N4O2. The average molecular weight is 314 g/mol. The highest BCUT2D eigenvalue weighted by Crippen LogP contribution is 2.24. The van der Waals surface area contributed by atoms with E-state index in [4.69, 9.17) is 4.74 Å². The van der Waals surface area contributed by atoms with Gasteiger partial charge in [-0.2, -0.15) is 0 Å². The molecule has 23 heavy (non-hydrogen) atoms. The molecule has 0 N–H and O–H groups in total. The molecule has 0 saturated carbocycles. The number of esters is 1. The number of rotatable bonds is 4. The second kappa shape index (κ2) is 5.70. The van der Waals surface area contributed by atoms with Crippen LogP contribution < -0.4 is 0 Å². The monoisotopic (exact) mass is 314 g/mol. The van der Waals surface area contributed by atoms with Crippen LogP contribution in [0.15, 0.2) is 24.3 Å². The van der Waals surface area contributed by atoms with Crippen molar-refractivity contribution in [2.24, 2.45) is 7.05 Å². The van der Waals surface area contributed by atoms with Crippen molar-refractivity contribution in [2.75, 3.05) is 14.1 Å². The molecule has 0 saturated heterocycles. The number of nitrogens with zero attached hydrogens (tertiary/aromatic N) is 4. The third-order valence-electron chi connectivity index (χ3n) is 4.18. The number of aromatic nitrogens is 3. The number of hydrogen-bond donors (Lipinski definition) is 0. The molecule has 3 rings (SSSR count). The molecule has 0 aliphatic carbocycles. The lowest BCUT2D eigenvalue weighted by molar-refractivity contribution is -0.0162. The molecule has 0 spiro atoms. The second-order valence-electron chi connectivity index (χ2n) is 5.96. The van der Waals surface area contributed by atoms with Crippen LogP contribution in [0, 0.1) is 6.92 Å². The fourth-order valence-electron chi connectivity index (χ4n) is 2.98. The number of aryl methyl sites for hydroxylation is 2. The van der Waals surface area contributed by atoms with E-state index in [0.717, 1.165) is 23.2 Å². The zero-order valence-corrected chi connectivity index (χ0v) is 14.2. The molecule has 1 aromatic carbocycles. The van der Waals surface area contributed by atoms with Gasteiger partial charge in [0.2, 0.25) is 5.78 Å². The van der Waals surface area contributed by atoms with E-state index >= 15 is 0 Å². The minimum atomic E-state index is -0.341. The summed E-state index contributed by atoms with van der Waals surface area (Å²) < 4.78 is 9.54. The molecule has 1 unspecified atom stereocenters. The molecule has 2 heterocycles. The lowest BCUT2D eigenvalue weighted by atomic mass is 10.3. The Morgan fingerprint density at radius 3 is 2.57 bits per heavy atom. The topological polar surface area (TPSA) is 51.8 Å². The third-order valence-corrected chi connectivity index (χ3v) is 4.18. The van der Waals surface area contributed by atoms with Gasteiger partial charge in [-0.25, -0.2) is 9.78 Å². The molecule has 0 bridgehead atoms. The lowest BCUT2D eigenvalue weighted by Gasteiger charge is -2.22. The summed E-state index contributed by atoms with van der Waals surface area (Å²) in [5, 5.41) is 0. The quantitative estimate of drug-likeness (QED) is 0.549. The average Bonchev–Trinajstić information content (AvgIpc) is 3.00. The van der Waals surface area contributed by atoms with Gasteiger partial charge in [0, 0.05) is 7.05 Å². The highest BCUT2D eigenvalue weighted by molar-refractivity contribution is 5.93. The Hall–Kier alpha value is -2.34. The molecule has 0 fully saturated rings. The van der Waals surface area contributed by atoms with Crippen molar-refractivity contribution in [3.8, 4) is 0 Å². The van der Waals surface area contributed by atoms with E-state index in [1.807, 2.05) is 73.1 Å². The van der Waals surface area contributed by atoms with E-state index in [-0.39, 0.29) is 12.2 Å². The van der Waals surface area contributed by atoms with Crippen LogP contribution in [0.3, 0.4) is 0 Å². The van der Waals surface area contributed by atoms with Crippen molar-refractivity contribution in [1.82, 2.24) is 18.9 Å². The minimum absolute atomic E-state index is 0.248. The van der Waals surface area contributed by atoms with Crippen LogP contribution in [0.4, 0.5) is 0 Å². The number of benzene rings is 1. The van der Waals surface area contributed by atoms with Gasteiger partial charge in [-0.1, -0.05) is 19.1 Å². The highest BCUT2D eigenvalue weighted by atomic mass is 16.6. The van der Waals surface area contributed by atoms with Gasteiger partial charge in [0.15, 0.2) is 11.9 Å². The molecule has 1 atom stereocenters.